The maximum Gasteiger partial charge on any atom is 0.249 e. The Balaban J connectivity index is 2.15. The van der Waals surface area contributed by atoms with E-state index >= 15 is 0 Å². The number of nitrogens with one attached hydrogen (secondary N) is 1. The molecule has 1 amide bonds. The Labute approximate surface area is 487 Å². The highest BCUT2D eigenvalue weighted by Crippen LogP contribution is 2.24. The Bertz CT molecular complexity index is 1290. The monoisotopic (exact) mass is 1120 g/mol. The van der Waals surface area contributed by atoms with Crippen LogP contribution in [0.25, 0.3) is 0 Å². The largest absolute Gasteiger partial charge is 0.394 e. The first kappa shape index (κ1) is 75.9. The fourth-order valence-corrected chi connectivity index (χ4v) is 11.5. The maximum atomic E-state index is 13.2. The molecule has 11 nitrogen and oxygen atoms in total. The SMILES string of the molecule is CCCCCCCCCCCCCCCC/C=C\CCCCCCCCCCCCCCCCCCC(O)C(=O)NC(COC1OC(CO)C(O)C(O)C1O)C(O)C(O)CCCCCCCCCCCCCCCCCCCC. The van der Waals surface area contributed by atoms with Crippen LogP contribution in [0.1, 0.15) is 348 Å². The summed E-state index contributed by atoms with van der Waals surface area (Å²) in [5.41, 5.74) is 0. The van der Waals surface area contributed by atoms with Crippen LogP contribution in [0.15, 0.2) is 12.2 Å². The summed E-state index contributed by atoms with van der Waals surface area (Å²) in [4.78, 5) is 13.2. The second-order valence-corrected chi connectivity index (χ2v) is 24.6. The second kappa shape index (κ2) is 57.3. The lowest BCUT2D eigenvalue weighted by molar-refractivity contribution is -0.303. The first-order valence-electron chi connectivity index (χ1n) is 34.6. The van der Waals surface area contributed by atoms with Crippen molar-refractivity contribution >= 4 is 5.91 Å². The minimum atomic E-state index is -1.66. The predicted molar refractivity (Wildman–Crippen MR) is 330 cm³/mol. The molecule has 0 aromatic carbocycles. The smallest absolute Gasteiger partial charge is 0.249 e. The molecule has 1 saturated heterocycles. The average molecular weight is 1120 g/mol. The van der Waals surface area contributed by atoms with E-state index in [9.17, 15) is 40.5 Å². The molecule has 11 heteroatoms. The lowest BCUT2D eigenvalue weighted by atomic mass is 9.98. The Morgan fingerprint density at radius 2 is 0.734 bits per heavy atom. The van der Waals surface area contributed by atoms with Gasteiger partial charge in [-0.2, -0.15) is 0 Å². The molecule has 0 radical (unpaired) electrons. The minimum absolute atomic E-state index is 0.265. The van der Waals surface area contributed by atoms with Crippen LogP contribution in [0.2, 0.25) is 0 Å². The van der Waals surface area contributed by atoms with Gasteiger partial charge in [0.05, 0.1) is 25.4 Å². The van der Waals surface area contributed by atoms with E-state index in [2.05, 4.69) is 31.3 Å². The van der Waals surface area contributed by atoms with Gasteiger partial charge in [0.2, 0.25) is 5.91 Å². The van der Waals surface area contributed by atoms with E-state index in [4.69, 9.17) is 9.47 Å². The molecule has 0 aromatic rings. The zero-order valence-corrected chi connectivity index (χ0v) is 51.9. The van der Waals surface area contributed by atoms with Crippen molar-refractivity contribution in [2.45, 2.75) is 403 Å². The third-order valence-corrected chi connectivity index (χ3v) is 17.1. The van der Waals surface area contributed by atoms with Gasteiger partial charge in [-0.3, -0.25) is 4.79 Å². The Morgan fingerprint density at radius 3 is 1.06 bits per heavy atom. The van der Waals surface area contributed by atoms with Crippen molar-refractivity contribution in [2.75, 3.05) is 13.2 Å². The molecule has 9 atom stereocenters. The number of ether oxygens (including phenoxy) is 2. The topological polar surface area (TPSA) is 189 Å². The van der Waals surface area contributed by atoms with Crippen molar-refractivity contribution in [3.63, 3.8) is 0 Å². The Morgan fingerprint density at radius 1 is 0.430 bits per heavy atom. The summed E-state index contributed by atoms with van der Waals surface area (Å²) in [6.45, 7) is 3.51. The summed E-state index contributed by atoms with van der Waals surface area (Å²) < 4.78 is 11.2. The van der Waals surface area contributed by atoms with Gasteiger partial charge >= 0.3 is 0 Å². The third kappa shape index (κ3) is 45.0. The van der Waals surface area contributed by atoms with Crippen LogP contribution < -0.4 is 5.32 Å². The van der Waals surface area contributed by atoms with Crippen molar-refractivity contribution < 1.29 is 50.0 Å². The number of rotatable bonds is 61. The van der Waals surface area contributed by atoms with Crippen LogP contribution in [-0.4, -0.2) is 110 Å². The van der Waals surface area contributed by atoms with Crippen LogP contribution in [0.3, 0.4) is 0 Å². The lowest BCUT2D eigenvalue weighted by Crippen LogP contribution is -2.60. The van der Waals surface area contributed by atoms with Crippen LogP contribution in [0.4, 0.5) is 0 Å². The Hall–Kier alpha value is -1.15. The van der Waals surface area contributed by atoms with Gasteiger partial charge in [-0.15, -0.1) is 0 Å². The molecular formula is C68H133NO10. The lowest BCUT2D eigenvalue weighted by Gasteiger charge is -2.40. The summed E-state index contributed by atoms with van der Waals surface area (Å²) in [5, 5.41) is 76.4. The van der Waals surface area contributed by atoms with Gasteiger partial charge in [0, 0.05) is 0 Å². The molecule has 470 valence electrons. The number of aliphatic hydroxyl groups is 7. The normalized spacial score (nSPS) is 19.3. The molecular weight excluding hydrogens is 991 g/mol. The van der Waals surface area contributed by atoms with Gasteiger partial charge < -0.3 is 50.5 Å². The van der Waals surface area contributed by atoms with Crippen LogP contribution in [0.5, 0.6) is 0 Å². The van der Waals surface area contributed by atoms with Crippen molar-refractivity contribution in [3.05, 3.63) is 12.2 Å². The van der Waals surface area contributed by atoms with Crippen LogP contribution in [0, 0.1) is 0 Å². The molecule has 1 heterocycles. The standard InChI is InChI=1S/C68H133NO10/c1-3-5-7-9-11-13-15-17-19-21-23-24-25-26-27-28-29-30-31-32-33-34-35-36-37-38-40-42-44-46-48-50-52-54-56-61(72)67(77)69-59(58-78-68-66(76)65(75)64(74)62(57-70)79-68)63(73)60(71)55-53-51-49-47-45-43-41-39-22-20-18-16-14-12-10-8-6-4-2/h28-29,59-66,68,70-76H,3-27,30-58H2,1-2H3,(H,69,77)/b29-28-. The van der Waals surface area contributed by atoms with Crippen LogP contribution in [-0.2, 0) is 14.3 Å². The second-order valence-electron chi connectivity index (χ2n) is 24.6. The van der Waals surface area contributed by atoms with Crippen LogP contribution >= 0.6 is 0 Å². The van der Waals surface area contributed by atoms with E-state index < -0.39 is 74.2 Å². The first-order chi connectivity index (χ1) is 38.7. The minimum Gasteiger partial charge on any atom is -0.394 e. The molecule has 1 rings (SSSR count). The zero-order valence-electron chi connectivity index (χ0n) is 51.9. The molecule has 1 fully saturated rings. The molecule has 1 aliphatic rings. The van der Waals surface area contributed by atoms with Gasteiger partial charge in [0.1, 0.15) is 36.6 Å². The summed E-state index contributed by atoms with van der Waals surface area (Å²) in [7, 11) is 0. The third-order valence-electron chi connectivity index (χ3n) is 17.1. The number of carbonyl (C=O) groups excluding carboxylic acids is 1. The number of hydrogen-bond acceptors (Lipinski definition) is 10. The van der Waals surface area contributed by atoms with E-state index in [1.807, 2.05) is 0 Å². The molecule has 9 unspecified atom stereocenters. The van der Waals surface area contributed by atoms with Gasteiger partial charge in [-0.25, -0.2) is 0 Å². The van der Waals surface area contributed by atoms with Gasteiger partial charge in [0.15, 0.2) is 6.29 Å². The summed E-state index contributed by atoms with van der Waals surface area (Å²) in [6, 6.07) is -1.17. The number of amides is 1. The van der Waals surface area contributed by atoms with Crippen molar-refractivity contribution in [3.8, 4) is 0 Å². The van der Waals surface area contributed by atoms with E-state index in [1.54, 1.807) is 0 Å². The molecule has 1 aliphatic heterocycles. The van der Waals surface area contributed by atoms with E-state index in [0.717, 1.165) is 38.5 Å². The van der Waals surface area contributed by atoms with Crippen molar-refractivity contribution in [1.29, 1.82) is 0 Å². The van der Waals surface area contributed by atoms with E-state index in [0.29, 0.717) is 19.3 Å². The zero-order chi connectivity index (χ0) is 57.5. The molecule has 0 spiro atoms. The highest BCUT2D eigenvalue weighted by atomic mass is 16.7. The number of hydrogen-bond donors (Lipinski definition) is 8. The molecule has 0 bridgehead atoms. The van der Waals surface area contributed by atoms with Gasteiger partial charge in [0.25, 0.3) is 0 Å². The Kier molecular flexibility index (Phi) is 55.0. The number of allylic oxidation sites excluding steroid dienone is 2. The van der Waals surface area contributed by atoms with Crippen molar-refractivity contribution in [1.82, 2.24) is 5.32 Å². The molecule has 0 saturated carbocycles. The molecule has 0 aliphatic carbocycles. The van der Waals surface area contributed by atoms with Crippen molar-refractivity contribution in [2.24, 2.45) is 0 Å². The number of carbonyl (C=O) groups is 1. The van der Waals surface area contributed by atoms with Gasteiger partial charge in [-0.1, -0.05) is 321 Å². The molecule has 79 heavy (non-hydrogen) atoms. The number of aliphatic hydroxyl groups excluding tert-OH is 7. The molecule has 0 aromatic heterocycles. The summed E-state index contributed by atoms with van der Waals surface area (Å²) in [6.07, 6.45) is 58.7. The first-order valence-corrected chi connectivity index (χ1v) is 34.6. The quantitative estimate of drug-likeness (QED) is 0.0215. The fourth-order valence-electron chi connectivity index (χ4n) is 11.5. The van der Waals surface area contributed by atoms with Gasteiger partial charge in [-0.05, 0) is 38.5 Å². The number of unbranched alkanes of at least 4 members (excludes halogenated alkanes) is 47. The summed E-state index contributed by atoms with van der Waals surface area (Å²) >= 11 is 0. The predicted octanol–water partition coefficient (Wildman–Crippen LogP) is 16.3. The fraction of sp³-hybridized carbons (Fsp3) is 0.956. The van der Waals surface area contributed by atoms with E-state index in [-0.39, 0.29) is 6.42 Å². The highest BCUT2D eigenvalue weighted by molar-refractivity contribution is 5.80. The maximum absolute atomic E-state index is 13.2. The van der Waals surface area contributed by atoms with E-state index in [1.165, 1.54) is 270 Å². The average Bonchev–Trinajstić information content (AvgIpc) is 3.46. The summed E-state index contributed by atoms with van der Waals surface area (Å²) in [5.74, 6) is -0.689. The molecule has 8 N–H and O–H groups in total. The highest BCUT2D eigenvalue weighted by Gasteiger charge is 2.44.